The molecule has 0 aliphatic carbocycles. The number of aromatic nitrogens is 2. The first-order valence-electron chi connectivity index (χ1n) is 19.4. The number of pyridine rings is 1. The van der Waals surface area contributed by atoms with Crippen molar-refractivity contribution in [3.8, 4) is 33.5 Å². The standard InChI is InChI=1S/C53H30N2S2/c1-3-9-38-34(7-1)21-24-42-40(38)25-26-45-51(42)54-53-52-44(50-39-10-4-2-8-35(39)22-28-49(50)57-52)30-46(55(45)53)36-19-17-32(18-20-36)31-13-15-33(16-14-31)37-23-27-48-43(29-37)41-11-5-6-12-47(41)56-48/h1-30H. The van der Waals surface area contributed by atoms with Crippen molar-refractivity contribution in [2.24, 2.45) is 0 Å². The minimum Gasteiger partial charge on any atom is -0.291 e. The molecule has 0 saturated carbocycles. The van der Waals surface area contributed by atoms with E-state index in [4.69, 9.17) is 4.98 Å². The Hall–Kier alpha value is -6.85. The van der Waals surface area contributed by atoms with E-state index in [0.29, 0.717) is 0 Å². The molecule has 9 aromatic carbocycles. The van der Waals surface area contributed by atoms with Gasteiger partial charge in [-0.2, -0.15) is 0 Å². The molecule has 0 radical (unpaired) electrons. The number of nitrogens with zero attached hydrogens (tertiary/aromatic N) is 2. The quantitative estimate of drug-likeness (QED) is 0.164. The van der Waals surface area contributed by atoms with Crippen LogP contribution in [0.25, 0.3) is 123 Å². The van der Waals surface area contributed by atoms with E-state index in [0.717, 1.165) is 27.9 Å². The predicted octanol–water partition coefficient (Wildman–Crippen LogP) is 15.7. The number of fused-ring (bicyclic) bond motifs is 16. The lowest BCUT2D eigenvalue weighted by atomic mass is 9.98. The summed E-state index contributed by atoms with van der Waals surface area (Å²) in [6.07, 6.45) is 0. The first-order valence-corrected chi connectivity index (χ1v) is 21.0. The summed E-state index contributed by atoms with van der Waals surface area (Å²) in [6.45, 7) is 0. The number of imidazole rings is 1. The van der Waals surface area contributed by atoms with Gasteiger partial charge in [-0.15, -0.1) is 22.7 Å². The van der Waals surface area contributed by atoms with Crippen molar-refractivity contribution in [2.75, 3.05) is 0 Å². The molecule has 0 aliphatic heterocycles. The van der Waals surface area contributed by atoms with E-state index in [1.165, 1.54) is 94.9 Å². The van der Waals surface area contributed by atoms with E-state index in [1.807, 2.05) is 22.7 Å². The number of rotatable bonds is 3. The van der Waals surface area contributed by atoms with Crippen LogP contribution >= 0.6 is 22.7 Å². The van der Waals surface area contributed by atoms with Gasteiger partial charge in [0.15, 0.2) is 5.65 Å². The van der Waals surface area contributed by atoms with E-state index in [-0.39, 0.29) is 0 Å². The fourth-order valence-corrected chi connectivity index (χ4v) is 11.5. The zero-order valence-corrected chi connectivity index (χ0v) is 32.2. The van der Waals surface area contributed by atoms with Gasteiger partial charge in [0.25, 0.3) is 0 Å². The Morgan fingerprint density at radius 3 is 1.77 bits per heavy atom. The van der Waals surface area contributed by atoms with Gasteiger partial charge in [-0.05, 0) is 91.1 Å². The minimum absolute atomic E-state index is 1.01. The first-order chi connectivity index (χ1) is 28.2. The Bertz CT molecular complexity index is 3790. The highest BCUT2D eigenvalue weighted by molar-refractivity contribution is 7.26. The highest BCUT2D eigenvalue weighted by Crippen LogP contribution is 2.44. The van der Waals surface area contributed by atoms with Gasteiger partial charge in [0.1, 0.15) is 0 Å². The fraction of sp³-hybridized carbons (Fsp3) is 0. The molecule has 57 heavy (non-hydrogen) atoms. The first kappa shape index (κ1) is 31.4. The normalized spacial score (nSPS) is 12.2. The molecule has 4 heterocycles. The van der Waals surface area contributed by atoms with Crippen LogP contribution in [0.15, 0.2) is 182 Å². The third-order valence-corrected chi connectivity index (χ3v) is 14.3. The molecule has 0 fully saturated rings. The van der Waals surface area contributed by atoms with Crippen molar-refractivity contribution >= 4 is 112 Å². The van der Waals surface area contributed by atoms with Crippen LogP contribution < -0.4 is 0 Å². The molecule has 0 atom stereocenters. The Morgan fingerprint density at radius 1 is 0.368 bits per heavy atom. The van der Waals surface area contributed by atoms with Crippen molar-refractivity contribution in [2.45, 2.75) is 0 Å². The van der Waals surface area contributed by atoms with Crippen molar-refractivity contribution < 1.29 is 0 Å². The van der Waals surface area contributed by atoms with Gasteiger partial charge in [0, 0.05) is 41.0 Å². The van der Waals surface area contributed by atoms with E-state index >= 15 is 0 Å². The zero-order valence-electron chi connectivity index (χ0n) is 30.5. The Balaban J connectivity index is 0.975. The van der Waals surface area contributed by atoms with Crippen molar-refractivity contribution in [1.29, 1.82) is 0 Å². The Labute approximate surface area is 335 Å². The molecule has 4 aromatic heterocycles. The summed E-state index contributed by atoms with van der Waals surface area (Å²) in [6, 6.07) is 67.1. The van der Waals surface area contributed by atoms with E-state index < -0.39 is 0 Å². The smallest absolute Gasteiger partial charge is 0.156 e. The van der Waals surface area contributed by atoms with Crippen LogP contribution in [0.4, 0.5) is 0 Å². The van der Waals surface area contributed by atoms with Crippen LogP contribution in [-0.4, -0.2) is 9.38 Å². The van der Waals surface area contributed by atoms with Gasteiger partial charge in [-0.1, -0.05) is 146 Å². The molecule has 4 heteroatoms. The second kappa shape index (κ2) is 11.8. The van der Waals surface area contributed by atoms with Crippen LogP contribution in [0.2, 0.25) is 0 Å². The molecule has 264 valence electrons. The maximum atomic E-state index is 5.54. The number of benzene rings is 9. The summed E-state index contributed by atoms with van der Waals surface area (Å²) in [7, 11) is 0. The summed E-state index contributed by atoms with van der Waals surface area (Å²) in [5, 5.41) is 12.7. The highest BCUT2D eigenvalue weighted by atomic mass is 32.1. The molecule has 0 N–H and O–H groups in total. The average molecular weight is 759 g/mol. The molecule has 0 bridgehead atoms. The molecule has 13 aromatic rings. The summed E-state index contributed by atoms with van der Waals surface area (Å²) < 4.78 is 7.58. The van der Waals surface area contributed by atoms with Crippen LogP contribution in [0, 0.1) is 0 Å². The Morgan fingerprint density at radius 2 is 0.965 bits per heavy atom. The van der Waals surface area contributed by atoms with Crippen LogP contribution in [0.3, 0.4) is 0 Å². The molecule has 13 rings (SSSR count). The zero-order chi connectivity index (χ0) is 37.2. The molecule has 0 unspecified atom stereocenters. The van der Waals surface area contributed by atoms with Crippen molar-refractivity contribution in [3.63, 3.8) is 0 Å². The summed E-state index contributed by atoms with van der Waals surface area (Å²) in [5.74, 6) is 0. The van der Waals surface area contributed by atoms with E-state index in [1.54, 1.807) is 0 Å². The van der Waals surface area contributed by atoms with E-state index in [2.05, 4.69) is 186 Å². The van der Waals surface area contributed by atoms with Gasteiger partial charge >= 0.3 is 0 Å². The average Bonchev–Trinajstić information content (AvgIpc) is 3.98. The summed E-state index contributed by atoms with van der Waals surface area (Å²) >= 11 is 3.71. The monoisotopic (exact) mass is 758 g/mol. The third-order valence-electron chi connectivity index (χ3n) is 12.0. The number of thiophene rings is 2. The molecular formula is C53H30N2S2. The number of hydrogen-bond donors (Lipinski definition) is 0. The number of hydrogen-bond acceptors (Lipinski definition) is 3. The highest BCUT2D eigenvalue weighted by Gasteiger charge is 2.20. The maximum Gasteiger partial charge on any atom is 0.156 e. The lowest BCUT2D eigenvalue weighted by Crippen LogP contribution is -1.93. The lowest BCUT2D eigenvalue weighted by molar-refractivity contribution is 1.25. The predicted molar refractivity (Wildman–Crippen MR) is 247 cm³/mol. The molecule has 0 amide bonds. The largest absolute Gasteiger partial charge is 0.291 e. The van der Waals surface area contributed by atoms with Crippen LogP contribution in [0.5, 0.6) is 0 Å². The van der Waals surface area contributed by atoms with Gasteiger partial charge < -0.3 is 0 Å². The van der Waals surface area contributed by atoms with Crippen LogP contribution in [-0.2, 0) is 0 Å². The molecule has 2 nitrogen and oxygen atoms in total. The topological polar surface area (TPSA) is 17.3 Å². The fourth-order valence-electron chi connectivity index (χ4n) is 9.23. The van der Waals surface area contributed by atoms with Crippen LogP contribution in [0.1, 0.15) is 0 Å². The molecule has 0 spiro atoms. The van der Waals surface area contributed by atoms with Gasteiger partial charge in [0.05, 0.1) is 21.4 Å². The second-order valence-corrected chi connectivity index (χ2v) is 17.2. The van der Waals surface area contributed by atoms with E-state index in [9.17, 15) is 0 Å². The molecular weight excluding hydrogens is 729 g/mol. The van der Waals surface area contributed by atoms with Gasteiger partial charge in [-0.25, -0.2) is 4.98 Å². The Kier molecular flexibility index (Phi) is 6.51. The SMILES string of the molecule is c1ccc2c(c1)ccc1c2ccc2c1nc1c3sc4ccc5ccccc5c4c3cc(-c3ccc(-c4ccc(-c5ccc6sc7ccccc7c6c5)cc4)cc3)n21. The lowest BCUT2D eigenvalue weighted by Gasteiger charge is -2.11. The van der Waals surface area contributed by atoms with Gasteiger partial charge in [0.2, 0.25) is 0 Å². The van der Waals surface area contributed by atoms with Crippen molar-refractivity contribution in [3.05, 3.63) is 182 Å². The molecule has 0 saturated heterocycles. The minimum atomic E-state index is 1.01. The second-order valence-electron chi connectivity index (χ2n) is 15.1. The summed E-state index contributed by atoms with van der Waals surface area (Å²) in [5.41, 5.74) is 10.4. The maximum absolute atomic E-state index is 5.54. The van der Waals surface area contributed by atoms with Crippen molar-refractivity contribution in [1.82, 2.24) is 9.38 Å². The summed E-state index contributed by atoms with van der Waals surface area (Å²) in [4.78, 5) is 5.54. The van der Waals surface area contributed by atoms with Gasteiger partial charge in [-0.3, -0.25) is 4.40 Å². The molecule has 0 aliphatic rings. The third kappa shape index (κ3) is 4.60.